The highest BCUT2D eigenvalue weighted by Crippen LogP contribution is 2.26. The van der Waals surface area contributed by atoms with Gasteiger partial charge < -0.3 is 20.5 Å². The van der Waals surface area contributed by atoms with Crippen molar-refractivity contribution in [3.8, 4) is 0 Å². The molecule has 152 valence electrons. The molecule has 0 saturated heterocycles. The smallest absolute Gasteiger partial charge is 0.338 e. The number of hydrogen-bond donors (Lipinski definition) is 3. The van der Waals surface area contributed by atoms with Gasteiger partial charge in [0.2, 0.25) is 0 Å². The average molecular weight is 414 g/mol. The summed E-state index contributed by atoms with van der Waals surface area (Å²) in [5.74, 6) is -0.494. The second-order valence-corrected chi connectivity index (χ2v) is 7.22. The SMILES string of the molecule is Cc1ccc2nc(NC(=O)Nc3cccc(C(=O)OCCOCCN)c3)sc2c1. The zero-order valence-electron chi connectivity index (χ0n) is 15.9. The largest absolute Gasteiger partial charge is 0.460 e. The molecule has 29 heavy (non-hydrogen) atoms. The van der Waals surface area contributed by atoms with Crippen LogP contribution in [0.3, 0.4) is 0 Å². The van der Waals surface area contributed by atoms with Gasteiger partial charge in [-0.15, -0.1) is 0 Å². The zero-order chi connectivity index (χ0) is 20.6. The van der Waals surface area contributed by atoms with Crippen molar-refractivity contribution < 1.29 is 19.1 Å². The minimum Gasteiger partial charge on any atom is -0.460 e. The molecule has 8 nitrogen and oxygen atoms in total. The van der Waals surface area contributed by atoms with Gasteiger partial charge in [0, 0.05) is 12.2 Å². The van der Waals surface area contributed by atoms with Gasteiger partial charge in [0.05, 0.1) is 29.0 Å². The third kappa shape index (κ3) is 5.98. The number of hydrogen-bond acceptors (Lipinski definition) is 7. The fourth-order valence-corrected chi connectivity index (χ4v) is 3.49. The number of aromatic nitrogens is 1. The fraction of sp³-hybridized carbons (Fsp3) is 0.250. The molecule has 4 N–H and O–H groups in total. The standard InChI is InChI=1S/C20H22N4O4S/c1-13-5-6-16-17(11-13)29-20(23-16)24-19(26)22-15-4-2-3-14(12-15)18(25)28-10-9-27-8-7-21/h2-6,11-12H,7-10,21H2,1H3,(H2,22,23,24,26). The number of ether oxygens (including phenoxy) is 2. The number of urea groups is 1. The minimum atomic E-state index is -0.494. The Balaban J connectivity index is 1.55. The molecular formula is C20H22N4O4S. The van der Waals surface area contributed by atoms with Crippen LogP contribution in [0.25, 0.3) is 10.2 Å². The number of anilines is 2. The van der Waals surface area contributed by atoms with Crippen molar-refractivity contribution in [3.05, 3.63) is 53.6 Å². The molecule has 0 atom stereocenters. The van der Waals surface area contributed by atoms with E-state index in [1.807, 2.05) is 25.1 Å². The van der Waals surface area contributed by atoms with E-state index in [1.165, 1.54) is 11.3 Å². The number of aryl methyl sites for hydroxylation is 1. The van der Waals surface area contributed by atoms with Crippen molar-refractivity contribution in [3.63, 3.8) is 0 Å². The molecule has 0 saturated carbocycles. The summed E-state index contributed by atoms with van der Waals surface area (Å²) in [4.78, 5) is 28.8. The van der Waals surface area contributed by atoms with Gasteiger partial charge in [0.1, 0.15) is 6.61 Å². The van der Waals surface area contributed by atoms with Crippen LogP contribution in [0.1, 0.15) is 15.9 Å². The lowest BCUT2D eigenvalue weighted by Crippen LogP contribution is -2.19. The van der Waals surface area contributed by atoms with Crippen LogP contribution in [0.2, 0.25) is 0 Å². The lowest BCUT2D eigenvalue weighted by Gasteiger charge is -2.08. The van der Waals surface area contributed by atoms with Crippen LogP contribution in [0.4, 0.5) is 15.6 Å². The number of nitrogens with one attached hydrogen (secondary N) is 2. The fourth-order valence-electron chi connectivity index (χ4n) is 2.53. The molecule has 2 aromatic carbocycles. The average Bonchev–Trinajstić information content (AvgIpc) is 3.08. The third-order valence-electron chi connectivity index (χ3n) is 3.84. The number of fused-ring (bicyclic) bond motifs is 1. The molecule has 3 aromatic rings. The minimum absolute atomic E-state index is 0.133. The molecule has 0 unspecified atom stereocenters. The summed E-state index contributed by atoms with van der Waals surface area (Å²) in [5, 5.41) is 5.91. The summed E-state index contributed by atoms with van der Waals surface area (Å²) in [7, 11) is 0. The second kappa shape index (κ2) is 9.97. The summed E-state index contributed by atoms with van der Waals surface area (Å²) < 4.78 is 11.3. The Morgan fingerprint density at radius 3 is 2.79 bits per heavy atom. The Kier molecular flexibility index (Phi) is 7.12. The van der Waals surface area contributed by atoms with E-state index in [2.05, 4.69) is 15.6 Å². The van der Waals surface area contributed by atoms with Crippen molar-refractivity contribution in [1.29, 1.82) is 0 Å². The molecule has 2 amide bonds. The molecular weight excluding hydrogens is 392 g/mol. The van der Waals surface area contributed by atoms with Gasteiger partial charge in [-0.2, -0.15) is 0 Å². The molecule has 0 aliphatic heterocycles. The summed E-state index contributed by atoms with van der Waals surface area (Å²) in [5.41, 5.74) is 8.07. The van der Waals surface area contributed by atoms with E-state index >= 15 is 0 Å². The molecule has 0 radical (unpaired) electrons. The zero-order valence-corrected chi connectivity index (χ0v) is 16.8. The normalized spacial score (nSPS) is 10.7. The van der Waals surface area contributed by atoms with Crippen LogP contribution in [0, 0.1) is 6.92 Å². The van der Waals surface area contributed by atoms with Crippen LogP contribution < -0.4 is 16.4 Å². The first kappa shape index (κ1) is 20.7. The van der Waals surface area contributed by atoms with Crippen molar-refractivity contribution in [2.24, 2.45) is 5.73 Å². The summed E-state index contributed by atoms with van der Waals surface area (Å²) >= 11 is 1.40. The highest BCUT2D eigenvalue weighted by atomic mass is 32.1. The summed E-state index contributed by atoms with van der Waals surface area (Å²) in [6.07, 6.45) is 0. The number of carbonyl (C=O) groups is 2. The Bertz CT molecular complexity index is 1010. The summed E-state index contributed by atoms with van der Waals surface area (Å²) in [6, 6.07) is 12.0. The van der Waals surface area contributed by atoms with E-state index in [4.69, 9.17) is 15.2 Å². The Morgan fingerprint density at radius 2 is 1.97 bits per heavy atom. The van der Waals surface area contributed by atoms with Crippen molar-refractivity contribution in [2.45, 2.75) is 6.92 Å². The van der Waals surface area contributed by atoms with E-state index < -0.39 is 12.0 Å². The van der Waals surface area contributed by atoms with E-state index in [1.54, 1.807) is 24.3 Å². The molecule has 9 heteroatoms. The van der Waals surface area contributed by atoms with Crippen LogP contribution in [0.15, 0.2) is 42.5 Å². The maximum absolute atomic E-state index is 12.3. The number of amides is 2. The number of thiazole rings is 1. The molecule has 1 heterocycles. The van der Waals surface area contributed by atoms with Crippen LogP contribution in [-0.4, -0.2) is 43.3 Å². The van der Waals surface area contributed by atoms with Gasteiger partial charge in [-0.05, 0) is 42.8 Å². The van der Waals surface area contributed by atoms with Crippen molar-refractivity contribution in [2.75, 3.05) is 37.0 Å². The van der Waals surface area contributed by atoms with Crippen LogP contribution >= 0.6 is 11.3 Å². The Labute approximate surface area is 172 Å². The highest BCUT2D eigenvalue weighted by Gasteiger charge is 2.11. The molecule has 0 fully saturated rings. The number of nitrogens with zero attached hydrogens (tertiary/aromatic N) is 1. The second-order valence-electron chi connectivity index (χ2n) is 6.19. The van der Waals surface area contributed by atoms with E-state index in [9.17, 15) is 9.59 Å². The topological polar surface area (TPSA) is 116 Å². The quantitative estimate of drug-likeness (QED) is 0.384. The van der Waals surface area contributed by atoms with Gasteiger partial charge in [0.15, 0.2) is 5.13 Å². The third-order valence-corrected chi connectivity index (χ3v) is 4.78. The molecule has 1 aromatic heterocycles. The molecule has 0 aliphatic carbocycles. The maximum atomic E-state index is 12.3. The van der Waals surface area contributed by atoms with Crippen molar-refractivity contribution in [1.82, 2.24) is 4.98 Å². The first-order chi connectivity index (χ1) is 14.0. The first-order valence-electron chi connectivity index (χ1n) is 9.05. The predicted octanol–water partition coefficient (Wildman–Crippen LogP) is 3.38. The molecule has 0 aliphatic rings. The highest BCUT2D eigenvalue weighted by molar-refractivity contribution is 7.22. The Morgan fingerprint density at radius 1 is 1.10 bits per heavy atom. The number of esters is 1. The Hall–Kier alpha value is -3.01. The first-order valence-corrected chi connectivity index (χ1v) is 9.87. The maximum Gasteiger partial charge on any atom is 0.338 e. The predicted molar refractivity (Wildman–Crippen MR) is 114 cm³/mol. The van der Waals surface area contributed by atoms with E-state index in [-0.39, 0.29) is 13.2 Å². The van der Waals surface area contributed by atoms with Gasteiger partial charge in [0.25, 0.3) is 0 Å². The molecule has 0 bridgehead atoms. The van der Waals surface area contributed by atoms with Gasteiger partial charge >= 0.3 is 12.0 Å². The molecule has 3 rings (SSSR count). The number of benzene rings is 2. The number of rotatable bonds is 8. The monoisotopic (exact) mass is 414 g/mol. The van der Waals surface area contributed by atoms with Crippen LogP contribution in [0.5, 0.6) is 0 Å². The van der Waals surface area contributed by atoms with E-state index in [0.717, 1.165) is 15.8 Å². The van der Waals surface area contributed by atoms with Gasteiger partial charge in [-0.1, -0.05) is 23.5 Å². The summed E-state index contributed by atoms with van der Waals surface area (Å²) in [6.45, 7) is 3.25. The lowest BCUT2D eigenvalue weighted by molar-refractivity contribution is 0.0328. The lowest BCUT2D eigenvalue weighted by atomic mass is 10.2. The number of nitrogens with two attached hydrogens (primary N) is 1. The van der Waals surface area contributed by atoms with Gasteiger partial charge in [-0.25, -0.2) is 14.6 Å². The molecule has 0 spiro atoms. The van der Waals surface area contributed by atoms with E-state index in [0.29, 0.717) is 29.5 Å². The van der Waals surface area contributed by atoms with Gasteiger partial charge in [-0.3, -0.25) is 5.32 Å². The van der Waals surface area contributed by atoms with Crippen LogP contribution in [-0.2, 0) is 9.47 Å². The number of carbonyl (C=O) groups excluding carboxylic acids is 2. The van der Waals surface area contributed by atoms with Crippen molar-refractivity contribution >= 4 is 44.4 Å².